The zero-order chi connectivity index (χ0) is 16.7. The molecule has 0 spiro atoms. The molecule has 1 aliphatic heterocycles. The van der Waals surface area contributed by atoms with E-state index in [1.165, 1.54) is 11.8 Å². The van der Waals surface area contributed by atoms with Gasteiger partial charge in [0.2, 0.25) is 11.8 Å². The third-order valence-electron chi connectivity index (χ3n) is 3.36. The molecular formula is C15H22ClN3O4S. The van der Waals surface area contributed by atoms with E-state index in [-0.39, 0.29) is 35.7 Å². The van der Waals surface area contributed by atoms with Crippen molar-refractivity contribution in [3.05, 3.63) is 18.2 Å². The fourth-order valence-corrected chi connectivity index (χ4v) is 2.81. The highest BCUT2D eigenvalue weighted by atomic mass is 35.5. The highest BCUT2D eigenvalue weighted by Gasteiger charge is 2.17. The quantitative estimate of drug-likeness (QED) is 0.726. The molecule has 3 N–H and O–H groups in total. The number of rotatable bonds is 6. The number of halogens is 1. The first-order valence-electron chi connectivity index (χ1n) is 7.27. The molecule has 1 aromatic carbocycles. The van der Waals surface area contributed by atoms with Crippen LogP contribution in [-0.4, -0.2) is 61.6 Å². The molecule has 2 rings (SSSR count). The number of nitrogens with one attached hydrogen (secondary N) is 1. The Bertz CT molecular complexity index is 568. The van der Waals surface area contributed by atoms with Crippen molar-refractivity contribution >= 4 is 47.4 Å². The van der Waals surface area contributed by atoms with Crippen molar-refractivity contribution in [3.8, 4) is 5.75 Å². The van der Waals surface area contributed by atoms with Crippen LogP contribution in [0.4, 0.5) is 11.4 Å². The molecule has 0 atom stereocenters. The number of hydrogen-bond donors (Lipinski definition) is 2. The van der Waals surface area contributed by atoms with Gasteiger partial charge in [0.25, 0.3) is 0 Å². The molecule has 1 saturated heterocycles. The number of carbonyl (C=O) groups is 2. The average molecular weight is 376 g/mol. The topological polar surface area (TPSA) is 93.9 Å². The monoisotopic (exact) mass is 375 g/mol. The number of hydrogen-bond acceptors (Lipinski definition) is 6. The number of anilines is 2. The van der Waals surface area contributed by atoms with E-state index in [2.05, 4.69) is 5.32 Å². The van der Waals surface area contributed by atoms with E-state index < -0.39 is 0 Å². The van der Waals surface area contributed by atoms with Gasteiger partial charge >= 0.3 is 0 Å². The Morgan fingerprint density at radius 2 is 2.04 bits per heavy atom. The lowest BCUT2D eigenvalue weighted by molar-refractivity contribution is -0.132. The van der Waals surface area contributed by atoms with E-state index >= 15 is 0 Å². The Balaban J connectivity index is 0.00000288. The Morgan fingerprint density at radius 1 is 1.33 bits per heavy atom. The summed E-state index contributed by atoms with van der Waals surface area (Å²) in [6.07, 6.45) is 0. The molecule has 0 aliphatic carbocycles. The fourth-order valence-electron chi connectivity index (χ4n) is 2.09. The lowest BCUT2D eigenvalue weighted by Crippen LogP contribution is -2.41. The van der Waals surface area contributed by atoms with Crippen molar-refractivity contribution in [1.29, 1.82) is 0 Å². The number of thioether (sulfide) groups is 1. The van der Waals surface area contributed by atoms with Gasteiger partial charge in [-0.1, -0.05) is 0 Å². The lowest BCUT2D eigenvalue weighted by Gasteiger charge is -2.26. The average Bonchev–Trinajstić information content (AvgIpc) is 2.57. The van der Waals surface area contributed by atoms with Gasteiger partial charge in [0.1, 0.15) is 5.75 Å². The molecule has 0 saturated carbocycles. The molecule has 0 aromatic heterocycles. The highest BCUT2D eigenvalue weighted by Crippen LogP contribution is 2.24. The summed E-state index contributed by atoms with van der Waals surface area (Å²) in [4.78, 5) is 25.7. The van der Waals surface area contributed by atoms with Crippen LogP contribution in [0.5, 0.6) is 5.75 Å². The Labute approximate surface area is 151 Å². The molecule has 0 bridgehead atoms. The number of morpholine rings is 1. The van der Waals surface area contributed by atoms with Crippen LogP contribution in [0.2, 0.25) is 0 Å². The third-order valence-corrected chi connectivity index (χ3v) is 4.27. The van der Waals surface area contributed by atoms with Crippen molar-refractivity contribution in [2.24, 2.45) is 0 Å². The van der Waals surface area contributed by atoms with E-state index in [9.17, 15) is 9.59 Å². The van der Waals surface area contributed by atoms with Gasteiger partial charge in [-0.25, -0.2) is 0 Å². The molecule has 1 aromatic rings. The number of benzene rings is 1. The first-order valence-corrected chi connectivity index (χ1v) is 8.42. The first kappa shape index (κ1) is 20.4. The number of ether oxygens (including phenoxy) is 2. The molecule has 134 valence electrons. The second kappa shape index (κ2) is 10.3. The van der Waals surface area contributed by atoms with E-state index in [1.54, 1.807) is 30.2 Å². The molecule has 7 nitrogen and oxygen atoms in total. The number of methoxy groups -OCH3 is 1. The van der Waals surface area contributed by atoms with Crippen LogP contribution in [0.15, 0.2) is 18.2 Å². The van der Waals surface area contributed by atoms with Gasteiger partial charge in [-0.2, -0.15) is 0 Å². The van der Waals surface area contributed by atoms with Gasteiger partial charge in [0.05, 0.1) is 43.2 Å². The third kappa shape index (κ3) is 6.10. The Kier molecular flexibility index (Phi) is 8.73. The molecule has 1 fully saturated rings. The maximum absolute atomic E-state index is 12.0. The standard InChI is InChI=1S/C15H21N3O4S.ClH/c1-21-11-2-3-12(16)13(8-11)17-14(19)9-23-10-15(20)18-4-6-22-7-5-18;/h2-3,8H,4-7,9-10,16H2,1H3,(H,17,19);1H. The normalized spacial score (nSPS) is 13.8. The molecule has 24 heavy (non-hydrogen) atoms. The predicted octanol–water partition coefficient (Wildman–Crippen LogP) is 1.23. The minimum absolute atomic E-state index is 0. The van der Waals surface area contributed by atoms with Crippen LogP contribution in [0.3, 0.4) is 0 Å². The van der Waals surface area contributed by atoms with Gasteiger partial charge in [0, 0.05) is 19.2 Å². The number of nitrogens with two attached hydrogens (primary N) is 1. The summed E-state index contributed by atoms with van der Waals surface area (Å²) in [6, 6.07) is 5.06. The zero-order valence-electron chi connectivity index (χ0n) is 13.4. The largest absolute Gasteiger partial charge is 0.497 e. The molecule has 1 heterocycles. The van der Waals surface area contributed by atoms with Gasteiger partial charge in [-0.3, -0.25) is 9.59 Å². The predicted molar refractivity (Wildman–Crippen MR) is 98.0 cm³/mol. The van der Waals surface area contributed by atoms with E-state index in [4.69, 9.17) is 15.2 Å². The van der Waals surface area contributed by atoms with Crippen LogP contribution >= 0.6 is 24.2 Å². The van der Waals surface area contributed by atoms with Crippen molar-refractivity contribution < 1.29 is 19.1 Å². The number of nitrogens with zero attached hydrogens (tertiary/aromatic N) is 1. The summed E-state index contributed by atoms with van der Waals surface area (Å²) in [5.74, 6) is 0.912. The molecular weight excluding hydrogens is 354 g/mol. The maximum Gasteiger partial charge on any atom is 0.234 e. The van der Waals surface area contributed by atoms with Crippen LogP contribution < -0.4 is 15.8 Å². The first-order chi connectivity index (χ1) is 11.1. The van der Waals surface area contributed by atoms with Gasteiger partial charge in [-0.15, -0.1) is 24.2 Å². The highest BCUT2D eigenvalue weighted by molar-refractivity contribution is 8.00. The van der Waals surface area contributed by atoms with Crippen molar-refractivity contribution in [2.45, 2.75) is 0 Å². The number of amides is 2. The van der Waals surface area contributed by atoms with Crippen molar-refractivity contribution in [2.75, 3.05) is 56.0 Å². The molecule has 2 amide bonds. The Morgan fingerprint density at radius 3 is 2.71 bits per heavy atom. The summed E-state index contributed by atoms with van der Waals surface area (Å²) in [6.45, 7) is 2.38. The molecule has 0 unspecified atom stereocenters. The number of nitrogen functional groups attached to an aromatic ring is 1. The van der Waals surface area contributed by atoms with E-state index in [0.29, 0.717) is 43.4 Å². The second-order valence-electron chi connectivity index (χ2n) is 4.99. The molecule has 0 radical (unpaired) electrons. The van der Waals surface area contributed by atoms with Crippen LogP contribution in [0.1, 0.15) is 0 Å². The van der Waals surface area contributed by atoms with E-state index in [1.807, 2.05) is 0 Å². The van der Waals surface area contributed by atoms with E-state index in [0.717, 1.165) is 0 Å². The van der Waals surface area contributed by atoms with Crippen molar-refractivity contribution in [1.82, 2.24) is 4.90 Å². The van der Waals surface area contributed by atoms with Gasteiger partial charge in [-0.05, 0) is 12.1 Å². The maximum atomic E-state index is 12.0. The van der Waals surface area contributed by atoms with Crippen LogP contribution in [-0.2, 0) is 14.3 Å². The smallest absolute Gasteiger partial charge is 0.234 e. The molecule has 9 heteroatoms. The SMILES string of the molecule is COc1ccc(N)c(NC(=O)CSCC(=O)N2CCOCC2)c1.Cl. The summed E-state index contributed by atoms with van der Waals surface area (Å²) in [5, 5.41) is 2.73. The summed E-state index contributed by atoms with van der Waals surface area (Å²) >= 11 is 1.28. The van der Waals surface area contributed by atoms with Gasteiger partial charge in [0.15, 0.2) is 0 Å². The number of carbonyl (C=O) groups excluding carboxylic acids is 2. The minimum atomic E-state index is -0.204. The summed E-state index contributed by atoms with van der Waals surface area (Å²) < 4.78 is 10.3. The second-order valence-corrected chi connectivity index (χ2v) is 5.97. The summed E-state index contributed by atoms with van der Waals surface area (Å²) in [7, 11) is 1.55. The lowest BCUT2D eigenvalue weighted by atomic mass is 10.2. The van der Waals surface area contributed by atoms with Gasteiger partial charge < -0.3 is 25.4 Å². The Hall–Kier alpha value is -1.64. The fraction of sp³-hybridized carbons (Fsp3) is 0.467. The van der Waals surface area contributed by atoms with Crippen LogP contribution in [0.25, 0.3) is 0 Å². The minimum Gasteiger partial charge on any atom is -0.497 e. The zero-order valence-corrected chi connectivity index (χ0v) is 15.1. The van der Waals surface area contributed by atoms with Crippen molar-refractivity contribution in [3.63, 3.8) is 0 Å². The van der Waals surface area contributed by atoms with Crippen LogP contribution in [0, 0.1) is 0 Å². The summed E-state index contributed by atoms with van der Waals surface area (Å²) in [5.41, 5.74) is 6.79. The molecule has 1 aliphatic rings.